The van der Waals surface area contributed by atoms with Crippen LogP contribution in [-0.4, -0.2) is 32.7 Å². The molecule has 0 amide bonds. The molecule has 0 aliphatic heterocycles. The molecule has 0 bridgehead atoms. The number of aliphatic hydroxyl groups excluding tert-OH is 1. The number of nitrogens with zero attached hydrogens (tertiary/aromatic N) is 3. The molecule has 0 radical (unpaired) electrons. The predicted octanol–water partition coefficient (Wildman–Crippen LogP) is 2.15. The Morgan fingerprint density at radius 3 is 2.91 bits per heavy atom. The maximum Gasteiger partial charge on any atom is 0.225 e. The summed E-state index contributed by atoms with van der Waals surface area (Å²) in [6, 6.07) is 5.89. The highest BCUT2D eigenvalue weighted by molar-refractivity contribution is 5.44. The van der Waals surface area contributed by atoms with Crippen molar-refractivity contribution in [2.75, 3.05) is 17.2 Å². The summed E-state index contributed by atoms with van der Waals surface area (Å²) in [6.45, 7) is 2.62. The molecule has 0 spiro atoms. The summed E-state index contributed by atoms with van der Waals surface area (Å²) >= 11 is 0. The smallest absolute Gasteiger partial charge is 0.225 e. The summed E-state index contributed by atoms with van der Waals surface area (Å²) in [4.78, 5) is 13.1. The Morgan fingerprint density at radius 1 is 1.36 bits per heavy atom. The SMILES string of the molecule is C[C@@H](CO)Nc1nc(NCc2cccnc2)cc(C2CC2)n1. The van der Waals surface area contributed by atoms with Gasteiger partial charge < -0.3 is 15.7 Å². The molecule has 1 fully saturated rings. The highest BCUT2D eigenvalue weighted by Crippen LogP contribution is 2.39. The minimum absolute atomic E-state index is 0.0511. The fourth-order valence-electron chi connectivity index (χ4n) is 2.17. The van der Waals surface area contributed by atoms with Gasteiger partial charge in [-0.05, 0) is 31.4 Å². The standard InChI is InChI=1S/C16H21N5O/c1-11(10-22)19-16-20-14(13-4-5-13)7-15(21-16)18-9-12-3-2-6-17-8-12/h2-3,6-8,11,13,22H,4-5,9-10H2,1H3,(H2,18,19,20,21)/t11-/m0/s1. The molecule has 1 saturated carbocycles. The van der Waals surface area contributed by atoms with Crippen molar-refractivity contribution >= 4 is 11.8 Å². The molecule has 0 saturated heterocycles. The lowest BCUT2D eigenvalue weighted by Crippen LogP contribution is -2.21. The minimum Gasteiger partial charge on any atom is -0.394 e. The van der Waals surface area contributed by atoms with Gasteiger partial charge in [-0.25, -0.2) is 4.98 Å². The number of aliphatic hydroxyl groups is 1. The van der Waals surface area contributed by atoms with Gasteiger partial charge in [0.05, 0.1) is 12.3 Å². The lowest BCUT2D eigenvalue weighted by Gasteiger charge is -2.14. The van der Waals surface area contributed by atoms with Crippen molar-refractivity contribution < 1.29 is 5.11 Å². The van der Waals surface area contributed by atoms with Crippen molar-refractivity contribution in [1.82, 2.24) is 15.0 Å². The lowest BCUT2D eigenvalue weighted by atomic mass is 10.2. The van der Waals surface area contributed by atoms with Crippen molar-refractivity contribution in [3.63, 3.8) is 0 Å². The normalized spacial score (nSPS) is 15.4. The van der Waals surface area contributed by atoms with Gasteiger partial charge in [-0.3, -0.25) is 4.98 Å². The highest BCUT2D eigenvalue weighted by atomic mass is 16.3. The molecular formula is C16H21N5O. The Hall–Kier alpha value is -2.21. The van der Waals surface area contributed by atoms with E-state index in [-0.39, 0.29) is 12.6 Å². The number of hydrogen-bond acceptors (Lipinski definition) is 6. The molecule has 1 aliphatic carbocycles. The molecule has 1 atom stereocenters. The van der Waals surface area contributed by atoms with Crippen LogP contribution in [-0.2, 0) is 6.54 Å². The Bertz CT molecular complexity index is 615. The van der Waals surface area contributed by atoms with Crippen LogP contribution in [0.2, 0.25) is 0 Å². The number of anilines is 2. The van der Waals surface area contributed by atoms with Crippen LogP contribution in [0.4, 0.5) is 11.8 Å². The van der Waals surface area contributed by atoms with Crippen LogP contribution in [0, 0.1) is 0 Å². The van der Waals surface area contributed by atoms with E-state index in [4.69, 9.17) is 5.11 Å². The van der Waals surface area contributed by atoms with Crippen LogP contribution in [0.15, 0.2) is 30.6 Å². The molecule has 2 aromatic rings. The molecule has 0 unspecified atom stereocenters. The first-order valence-corrected chi connectivity index (χ1v) is 7.63. The van der Waals surface area contributed by atoms with Crippen LogP contribution in [0.1, 0.15) is 36.9 Å². The minimum atomic E-state index is -0.0689. The van der Waals surface area contributed by atoms with E-state index in [0.717, 1.165) is 17.1 Å². The van der Waals surface area contributed by atoms with Crippen LogP contribution < -0.4 is 10.6 Å². The Kier molecular flexibility index (Phi) is 4.48. The van der Waals surface area contributed by atoms with Gasteiger partial charge in [-0.2, -0.15) is 4.98 Å². The largest absolute Gasteiger partial charge is 0.394 e. The van der Waals surface area contributed by atoms with Crippen molar-refractivity contribution in [2.45, 2.75) is 38.3 Å². The van der Waals surface area contributed by atoms with Gasteiger partial charge in [0.15, 0.2) is 0 Å². The summed E-state index contributed by atoms with van der Waals surface area (Å²) in [7, 11) is 0. The van der Waals surface area contributed by atoms with Gasteiger partial charge in [-0.1, -0.05) is 6.07 Å². The second-order valence-corrected chi connectivity index (χ2v) is 5.72. The zero-order chi connectivity index (χ0) is 15.4. The lowest BCUT2D eigenvalue weighted by molar-refractivity contribution is 0.281. The van der Waals surface area contributed by atoms with E-state index in [0.29, 0.717) is 18.4 Å². The number of nitrogens with one attached hydrogen (secondary N) is 2. The van der Waals surface area contributed by atoms with Gasteiger partial charge in [-0.15, -0.1) is 0 Å². The van der Waals surface area contributed by atoms with E-state index >= 15 is 0 Å². The Morgan fingerprint density at radius 2 is 2.23 bits per heavy atom. The van der Waals surface area contributed by atoms with Crippen molar-refractivity contribution in [3.8, 4) is 0 Å². The van der Waals surface area contributed by atoms with Crippen LogP contribution in [0.5, 0.6) is 0 Å². The number of aromatic nitrogens is 3. The monoisotopic (exact) mass is 299 g/mol. The van der Waals surface area contributed by atoms with E-state index in [2.05, 4.69) is 25.6 Å². The molecular weight excluding hydrogens is 278 g/mol. The quantitative estimate of drug-likeness (QED) is 0.726. The average molecular weight is 299 g/mol. The summed E-state index contributed by atoms with van der Waals surface area (Å²) < 4.78 is 0. The average Bonchev–Trinajstić information content (AvgIpc) is 3.38. The van der Waals surface area contributed by atoms with Crippen molar-refractivity contribution in [1.29, 1.82) is 0 Å². The first-order valence-electron chi connectivity index (χ1n) is 7.63. The number of pyridine rings is 1. The fourth-order valence-corrected chi connectivity index (χ4v) is 2.17. The molecule has 0 aromatic carbocycles. The summed E-state index contributed by atoms with van der Waals surface area (Å²) in [6.07, 6.45) is 5.97. The topological polar surface area (TPSA) is 83.0 Å². The van der Waals surface area contributed by atoms with E-state index in [1.54, 1.807) is 6.20 Å². The van der Waals surface area contributed by atoms with Gasteiger partial charge in [0.25, 0.3) is 0 Å². The van der Waals surface area contributed by atoms with Crippen molar-refractivity contribution in [2.24, 2.45) is 0 Å². The molecule has 3 N–H and O–H groups in total. The number of hydrogen-bond donors (Lipinski definition) is 3. The van der Waals surface area contributed by atoms with Gasteiger partial charge in [0, 0.05) is 37.0 Å². The summed E-state index contributed by atoms with van der Waals surface area (Å²) in [5.41, 5.74) is 2.17. The van der Waals surface area contributed by atoms with Crippen molar-refractivity contribution in [3.05, 3.63) is 41.9 Å². The second-order valence-electron chi connectivity index (χ2n) is 5.72. The van der Waals surface area contributed by atoms with E-state index < -0.39 is 0 Å². The maximum absolute atomic E-state index is 9.17. The summed E-state index contributed by atoms with van der Waals surface area (Å²) in [5, 5.41) is 15.6. The van der Waals surface area contributed by atoms with Crippen LogP contribution in [0.25, 0.3) is 0 Å². The van der Waals surface area contributed by atoms with Crippen LogP contribution in [0.3, 0.4) is 0 Å². The van der Waals surface area contributed by atoms with Gasteiger partial charge in [0.1, 0.15) is 5.82 Å². The second kappa shape index (κ2) is 6.70. The summed E-state index contributed by atoms with van der Waals surface area (Å²) in [5.74, 6) is 1.92. The zero-order valence-corrected chi connectivity index (χ0v) is 12.7. The predicted molar refractivity (Wildman–Crippen MR) is 85.7 cm³/mol. The maximum atomic E-state index is 9.17. The third kappa shape index (κ3) is 3.92. The molecule has 1 aliphatic rings. The molecule has 22 heavy (non-hydrogen) atoms. The highest BCUT2D eigenvalue weighted by Gasteiger charge is 2.26. The Balaban J connectivity index is 1.74. The fraction of sp³-hybridized carbons (Fsp3) is 0.438. The molecule has 6 heteroatoms. The van der Waals surface area contributed by atoms with Gasteiger partial charge >= 0.3 is 0 Å². The van der Waals surface area contributed by atoms with E-state index in [1.807, 2.05) is 31.3 Å². The first kappa shape index (κ1) is 14.7. The van der Waals surface area contributed by atoms with E-state index in [9.17, 15) is 0 Å². The molecule has 2 aromatic heterocycles. The molecule has 116 valence electrons. The van der Waals surface area contributed by atoms with Crippen LogP contribution >= 0.6 is 0 Å². The number of rotatable bonds is 7. The van der Waals surface area contributed by atoms with Gasteiger partial charge in [0.2, 0.25) is 5.95 Å². The Labute approximate surface area is 130 Å². The van der Waals surface area contributed by atoms with E-state index in [1.165, 1.54) is 12.8 Å². The first-order chi connectivity index (χ1) is 10.7. The zero-order valence-electron chi connectivity index (χ0n) is 12.7. The third-order valence-electron chi connectivity index (χ3n) is 3.59. The molecule has 6 nitrogen and oxygen atoms in total. The molecule has 2 heterocycles. The third-order valence-corrected chi connectivity index (χ3v) is 3.59. The molecule has 3 rings (SSSR count).